The van der Waals surface area contributed by atoms with E-state index < -0.39 is 0 Å². The molecule has 0 aliphatic rings. The number of ether oxygens (including phenoxy) is 1. The van der Waals surface area contributed by atoms with E-state index in [1.165, 1.54) is 0 Å². The van der Waals surface area contributed by atoms with Crippen molar-refractivity contribution in [3.05, 3.63) is 95.6 Å². The first kappa shape index (κ1) is 21.1. The normalized spacial score (nSPS) is 11.4. The Morgan fingerprint density at radius 2 is 1.57 bits per heavy atom. The molecule has 30 heavy (non-hydrogen) atoms. The first-order valence-corrected chi connectivity index (χ1v) is 9.94. The third kappa shape index (κ3) is 5.70. The van der Waals surface area contributed by atoms with Gasteiger partial charge in [-0.3, -0.25) is 9.59 Å². The number of rotatable bonds is 8. The SMILES string of the molecule is COc1ccc(CCC(=O)Nc2ccccc2C(=O)NC(C)c2ccccc2)cc1. The molecule has 0 heterocycles. The zero-order valence-corrected chi connectivity index (χ0v) is 17.2. The number of amides is 2. The Morgan fingerprint density at radius 1 is 0.900 bits per heavy atom. The first-order chi connectivity index (χ1) is 14.6. The summed E-state index contributed by atoms with van der Waals surface area (Å²) in [4.78, 5) is 25.3. The fourth-order valence-electron chi connectivity index (χ4n) is 3.15. The van der Waals surface area contributed by atoms with E-state index in [0.29, 0.717) is 24.1 Å². The van der Waals surface area contributed by atoms with Crippen molar-refractivity contribution in [3.63, 3.8) is 0 Å². The molecular weight excluding hydrogens is 376 g/mol. The first-order valence-electron chi connectivity index (χ1n) is 9.94. The number of hydrogen-bond acceptors (Lipinski definition) is 3. The second kappa shape index (κ2) is 10.3. The summed E-state index contributed by atoms with van der Waals surface area (Å²) in [7, 11) is 1.62. The van der Waals surface area contributed by atoms with Crippen LogP contribution in [0.1, 0.15) is 40.9 Å². The lowest BCUT2D eigenvalue weighted by atomic mass is 10.1. The zero-order chi connectivity index (χ0) is 21.3. The van der Waals surface area contributed by atoms with Crippen LogP contribution in [0.3, 0.4) is 0 Å². The molecule has 3 aromatic rings. The maximum atomic E-state index is 12.8. The summed E-state index contributed by atoms with van der Waals surface area (Å²) in [5.41, 5.74) is 3.02. The van der Waals surface area contributed by atoms with Crippen LogP contribution in [0.5, 0.6) is 5.75 Å². The Balaban J connectivity index is 1.61. The van der Waals surface area contributed by atoms with Gasteiger partial charge < -0.3 is 15.4 Å². The highest BCUT2D eigenvalue weighted by atomic mass is 16.5. The summed E-state index contributed by atoms with van der Waals surface area (Å²) in [6, 6.07) is 24.3. The Kier molecular flexibility index (Phi) is 7.22. The van der Waals surface area contributed by atoms with Crippen molar-refractivity contribution in [1.29, 1.82) is 0 Å². The zero-order valence-electron chi connectivity index (χ0n) is 17.2. The van der Waals surface area contributed by atoms with Crippen LogP contribution in [-0.4, -0.2) is 18.9 Å². The molecule has 1 unspecified atom stereocenters. The highest BCUT2D eigenvalue weighted by molar-refractivity contribution is 6.03. The molecule has 0 fully saturated rings. The predicted molar refractivity (Wildman–Crippen MR) is 119 cm³/mol. The number of carbonyl (C=O) groups excluding carboxylic acids is 2. The summed E-state index contributed by atoms with van der Waals surface area (Å²) < 4.78 is 5.15. The van der Waals surface area contributed by atoms with Gasteiger partial charge in [0.1, 0.15) is 5.75 Å². The molecule has 2 N–H and O–H groups in total. The number of anilines is 1. The minimum absolute atomic E-state index is 0.137. The fraction of sp³-hybridized carbons (Fsp3) is 0.200. The minimum atomic E-state index is -0.225. The van der Waals surface area contributed by atoms with Gasteiger partial charge >= 0.3 is 0 Å². The van der Waals surface area contributed by atoms with Crippen molar-refractivity contribution < 1.29 is 14.3 Å². The van der Waals surface area contributed by atoms with Gasteiger partial charge in [-0.25, -0.2) is 0 Å². The Bertz CT molecular complexity index is 985. The van der Waals surface area contributed by atoms with Crippen LogP contribution in [0, 0.1) is 0 Å². The molecule has 0 saturated carbocycles. The molecule has 5 heteroatoms. The molecule has 2 amide bonds. The third-order valence-electron chi connectivity index (χ3n) is 4.89. The third-order valence-corrected chi connectivity index (χ3v) is 4.89. The number of carbonyl (C=O) groups is 2. The summed E-state index contributed by atoms with van der Waals surface area (Å²) in [6.45, 7) is 1.93. The summed E-state index contributed by atoms with van der Waals surface area (Å²) in [5, 5.41) is 5.87. The molecule has 0 aromatic heterocycles. The van der Waals surface area contributed by atoms with Gasteiger partial charge in [0.15, 0.2) is 0 Å². The van der Waals surface area contributed by atoms with Crippen molar-refractivity contribution in [2.24, 2.45) is 0 Å². The molecule has 1 atom stereocenters. The van der Waals surface area contributed by atoms with E-state index in [0.717, 1.165) is 16.9 Å². The highest BCUT2D eigenvalue weighted by Crippen LogP contribution is 2.19. The highest BCUT2D eigenvalue weighted by Gasteiger charge is 2.16. The smallest absolute Gasteiger partial charge is 0.253 e. The summed E-state index contributed by atoms with van der Waals surface area (Å²) >= 11 is 0. The number of benzene rings is 3. The Morgan fingerprint density at radius 3 is 2.27 bits per heavy atom. The van der Waals surface area contributed by atoms with E-state index in [2.05, 4.69) is 10.6 Å². The molecule has 0 aliphatic heterocycles. The number of hydrogen-bond donors (Lipinski definition) is 2. The van der Waals surface area contributed by atoms with E-state index in [9.17, 15) is 9.59 Å². The monoisotopic (exact) mass is 402 g/mol. The lowest BCUT2D eigenvalue weighted by molar-refractivity contribution is -0.116. The van der Waals surface area contributed by atoms with E-state index in [-0.39, 0.29) is 17.9 Å². The van der Waals surface area contributed by atoms with E-state index in [1.54, 1.807) is 31.4 Å². The topological polar surface area (TPSA) is 67.4 Å². The van der Waals surface area contributed by atoms with E-state index >= 15 is 0 Å². The van der Waals surface area contributed by atoms with Crippen LogP contribution in [0.25, 0.3) is 0 Å². The van der Waals surface area contributed by atoms with Crippen molar-refractivity contribution in [1.82, 2.24) is 5.32 Å². The van der Waals surface area contributed by atoms with Crippen molar-refractivity contribution in [2.45, 2.75) is 25.8 Å². The average Bonchev–Trinajstić information content (AvgIpc) is 2.79. The summed E-state index contributed by atoms with van der Waals surface area (Å²) in [6.07, 6.45) is 0.929. The predicted octanol–water partition coefficient (Wildman–Crippen LogP) is 4.76. The van der Waals surface area contributed by atoms with Gasteiger partial charge in [-0.05, 0) is 48.7 Å². The van der Waals surface area contributed by atoms with Gasteiger partial charge in [0.25, 0.3) is 5.91 Å². The fourth-order valence-corrected chi connectivity index (χ4v) is 3.15. The van der Waals surface area contributed by atoms with Crippen molar-refractivity contribution in [3.8, 4) is 5.75 Å². The quantitative estimate of drug-likeness (QED) is 0.571. The minimum Gasteiger partial charge on any atom is -0.497 e. The average molecular weight is 402 g/mol. The van der Waals surface area contributed by atoms with Crippen LogP contribution >= 0.6 is 0 Å². The Labute approximate surface area is 177 Å². The standard InChI is InChI=1S/C25H26N2O3/c1-18(20-8-4-3-5-9-20)26-25(29)22-10-6-7-11-23(22)27-24(28)17-14-19-12-15-21(30-2)16-13-19/h3-13,15-16,18H,14,17H2,1-2H3,(H,26,29)(H,27,28). The van der Waals surface area contributed by atoms with Crippen molar-refractivity contribution in [2.75, 3.05) is 12.4 Å². The van der Waals surface area contributed by atoms with Gasteiger partial charge in [-0.2, -0.15) is 0 Å². The van der Waals surface area contributed by atoms with Gasteiger partial charge in [0.05, 0.1) is 24.4 Å². The molecule has 3 aromatic carbocycles. The summed E-state index contributed by atoms with van der Waals surface area (Å²) in [5.74, 6) is 0.424. The van der Waals surface area contributed by atoms with Gasteiger partial charge in [-0.15, -0.1) is 0 Å². The van der Waals surface area contributed by atoms with Crippen LogP contribution < -0.4 is 15.4 Å². The molecule has 0 bridgehead atoms. The molecule has 0 aliphatic carbocycles. The van der Waals surface area contributed by atoms with Crippen molar-refractivity contribution >= 4 is 17.5 Å². The number of methoxy groups -OCH3 is 1. The van der Waals surface area contributed by atoms with Crippen LogP contribution in [-0.2, 0) is 11.2 Å². The van der Waals surface area contributed by atoms with E-state index in [1.807, 2.05) is 61.5 Å². The van der Waals surface area contributed by atoms with Crippen LogP contribution in [0.2, 0.25) is 0 Å². The van der Waals surface area contributed by atoms with Crippen LogP contribution in [0.4, 0.5) is 5.69 Å². The molecule has 0 spiro atoms. The maximum absolute atomic E-state index is 12.8. The molecular formula is C25H26N2O3. The maximum Gasteiger partial charge on any atom is 0.253 e. The number of para-hydroxylation sites is 1. The number of nitrogens with one attached hydrogen (secondary N) is 2. The van der Waals surface area contributed by atoms with Gasteiger partial charge in [-0.1, -0.05) is 54.6 Å². The van der Waals surface area contributed by atoms with Gasteiger partial charge in [0.2, 0.25) is 5.91 Å². The molecule has 0 radical (unpaired) electrons. The molecule has 5 nitrogen and oxygen atoms in total. The van der Waals surface area contributed by atoms with E-state index in [4.69, 9.17) is 4.74 Å². The molecule has 154 valence electrons. The second-order valence-electron chi connectivity index (χ2n) is 7.05. The lowest BCUT2D eigenvalue weighted by Crippen LogP contribution is -2.28. The lowest BCUT2D eigenvalue weighted by Gasteiger charge is -2.16. The molecule has 0 saturated heterocycles. The molecule has 3 rings (SSSR count). The second-order valence-corrected chi connectivity index (χ2v) is 7.05. The number of aryl methyl sites for hydroxylation is 1. The largest absolute Gasteiger partial charge is 0.497 e. The van der Waals surface area contributed by atoms with Gasteiger partial charge in [0, 0.05) is 6.42 Å². The Hall–Kier alpha value is -3.60. The van der Waals surface area contributed by atoms with Crippen LogP contribution in [0.15, 0.2) is 78.9 Å².